The molecule has 0 radical (unpaired) electrons. The van der Waals surface area contributed by atoms with Crippen molar-refractivity contribution in [2.24, 2.45) is 13.0 Å². The Morgan fingerprint density at radius 1 is 1.16 bits per heavy atom. The first-order valence-electron chi connectivity index (χ1n) is 11.5. The summed E-state index contributed by atoms with van der Waals surface area (Å²) in [6.07, 6.45) is 8.46. The molecule has 1 saturated heterocycles. The maximum Gasteiger partial charge on any atom is 0.227 e. The van der Waals surface area contributed by atoms with Crippen molar-refractivity contribution in [1.29, 1.82) is 0 Å². The van der Waals surface area contributed by atoms with E-state index in [0.717, 1.165) is 42.4 Å². The molecule has 8 nitrogen and oxygen atoms in total. The molecule has 1 aliphatic carbocycles. The highest BCUT2D eigenvalue weighted by atomic mass is 16.3. The summed E-state index contributed by atoms with van der Waals surface area (Å²) < 4.78 is 1.86. The van der Waals surface area contributed by atoms with Gasteiger partial charge in [-0.3, -0.25) is 4.79 Å². The van der Waals surface area contributed by atoms with Gasteiger partial charge in [0.15, 0.2) is 5.65 Å². The molecule has 5 rings (SSSR count). The van der Waals surface area contributed by atoms with Crippen molar-refractivity contribution in [2.75, 3.05) is 18.0 Å². The minimum atomic E-state index is -0.817. The van der Waals surface area contributed by atoms with Gasteiger partial charge in [0.25, 0.3) is 0 Å². The minimum absolute atomic E-state index is 0.0325. The predicted molar refractivity (Wildman–Crippen MR) is 122 cm³/mol. The molecule has 0 bridgehead atoms. The number of fused-ring (bicyclic) bond motifs is 1. The second kappa shape index (κ2) is 8.50. The first-order valence-corrected chi connectivity index (χ1v) is 11.5. The van der Waals surface area contributed by atoms with Gasteiger partial charge < -0.3 is 19.9 Å². The normalized spacial score (nSPS) is 24.6. The van der Waals surface area contributed by atoms with Gasteiger partial charge in [-0.2, -0.15) is 4.98 Å². The summed E-state index contributed by atoms with van der Waals surface area (Å²) in [5, 5.41) is 14.8. The Balaban J connectivity index is 1.42. The number of benzene rings is 1. The van der Waals surface area contributed by atoms with Gasteiger partial charge in [0.1, 0.15) is 5.52 Å². The highest BCUT2D eigenvalue weighted by Gasteiger charge is 2.46. The van der Waals surface area contributed by atoms with Crippen LogP contribution in [0.5, 0.6) is 0 Å². The Kier molecular flexibility index (Phi) is 5.55. The smallest absolute Gasteiger partial charge is 0.227 e. The molecule has 0 spiro atoms. The lowest BCUT2D eigenvalue weighted by Gasteiger charge is -2.47. The lowest BCUT2D eigenvalue weighted by Crippen LogP contribution is -2.63. The third-order valence-electron chi connectivity index (χ3n) is 7.07. The van der Waals surface area contributed by atoms with Gasteiger partial charge in [-0.15, -0.1) is 0 Å². The molecule has 2 aliphatic rings. The van der Waals surface area contributed by atoms with Crippen LogP contribution in [-0.2, 0) is 17.4 Å². The second-order valence-corrected chi connectivity index (χ2v) is 9.11. The molecular formula is C24H30N6O2. The molecule has 3 heterocycles. The van der Waals surface area contributed by atoms with Gasteiger partial charge in [-0.1, -0.05) is 49.6 Å². The van der Waals surface area contributed by atoms with E-state index in [1.165, 1.54) is 6.42 Å². The van der Waals surface area contributed by atoms with Crippen LogP contribution in [0.2, 0.25) is 0 Å². The van der Waals surface area contributed by atoms with Gasteiger partial charge in [-0.25, -0.2) is 9.97 Å². The number of hydrogen-bond donors (Lipinski definition) is 2. The molecule has 1 saturated carbocycles. The number of carbonyl (C=O) groups is 1. The van der Waals surface area contributed by atoms with Crippen LogP contribution in [0.4, 0.5) is 5.95 Å². The third kappa shape index (κ3) is 3.72. The summed E-state index contributed by atoms with van der Waals surface area (Å²) in [4.78, 5) is 28.6. The highest BCUT2D eigenvalue weighted by Crippen LogP contribution is 2.36. The van der Waals surface area contributed by atoms with Crippen molar-refractivity contribution in [3.05, 3.63) is 48.4 Å². The van der Waals surface area contributed by atoms with Crippen LogP contribution in [0.1, 0.15) is 44.1 Å². The first kappa shape index (κ1) is 20.9. The molecule has 2 aromatic heterocycles. The van der Waals surface area contributed by atoms with Crippen LogP contribution in [0.25, 0.3) is 11.2 Å². The number of carbonyl (C=O) groups excluding carboxylic acids is 1. The summed E-state index contributed by atoms with van der Waals surface area (Å²) in [6, 6.07) is 9.87. The zero-order valence-electron chi connectivity index (χ0n) is 18.4. The topological polar surface area (TPSA) is 96.2 Å². The fourth-order valence-electron chi connectivity index (χ4n) is 5.16. The van der Waals surface area contributed by atoms with Gasteiger partial charge in [0.05, 0.1) is 24.2 Å². The van der Waals surface area contributed by atoms with Crippen molar-refractivity contribution < 1.29 is 9.90 Å². The predicted octanol–water partition coefficient (Wildman–Crippen LogP) is 2.53. The Morgan fingerprint density at radius 2 is 1.94 bits per heavy atom. The second-order valence-electron chi connectivity index (χ2n) is 9.11. The number of aryl methyl sites for hydroxylation is 1. The van der Waals surface area contributed by atoms with Crippen molar-refractivity contribution in [1.82, 2.24) is 24.8 Å². The summed E-state index contributed by atoms with van der Waals surface area (Å²) in [6.45, 7) is 0.962. The van der Waals surface area contributed by atoms with E-state index in [2.05, 4.69) is 20.3 Å². The van der Waals surface area contributed by atoms with E-state index >= 15 is 0 Å². The molecule has 2 fully saturated rings. The highest BCUT2D eigenvalue weighted by molar-refractivity contribution is 5.80. The number of aliphatic hydroxyl groups excluding tert-OH is 1. The van der Waals surface area contributed by atoms with Gasteiger partial charge in [0, 0.05) is 26.1 Å². The van der Waals surface area contributed by atoms with Crippen LogP contribution in [-0.4, -0.2) is 49.7 Å². The Hall–Kier alpha value is -3.00. The molecule has 8 heteroatoms. The van der Waals surface area contributed by atoms with Crippen molar-refractivity contribution in [3.8, 4) is 0 Å². The summed E-state index contributed by atoms with van der Waals surface area (Å²) in [7, 11) is 1.90. The number of aliphatic hydroxyl groups is 1. The number of nitrogens with one attached hydrogen (secondary N) is 1. The Morgan fingerprint density at radius 3 is 2.69 bits per heavy atom. The van der Waals surface area contributed by atoms with E-state index in [0.29, 0.717) is 25.5 Å². The fourth-order valence-corrected chi connectivity index (χ4v) is 5.16. The average Bonchev–Trinajstić information content (AvgIpc) is 3.21. The van der Waals surface area contributed by atoms with Gasteiger partial charge in [0.2, 0.25) is 11.9 Å². The first-order chi connectivity index (χ1) is 15.6. The lowest BCUT2D eigenvalue weighted by atomic mass is 9.77. The number of hydrogen-bond acceptors (Lipinski definition) is 6. The molecule has 2 N–H and O–H groups in total. The van der Waals surface area contributed by atoms with E-state index in [1.807, 2.05) is 46.8 Å². The van der Waals surface area contributed by atoms with Crippen molar-refractivity contribution in [3.63, 3.8) is 0 Å². The van der Waals surface area contributed by atoms with Crippen molar-refractivity contribution in [2.45, 2.75) is 50.2 Å². The molecule has 1 aromatic carbocycles. The standard InChI is InChI=1S/C24H30N6O2/c1-29-16-26-19-14-25-23(27-21(19)29)30-13-12-24(20(31)15-30,18-10-6-3-7-11-18)28-22(32)17-8-4-2-5-9-17/h3,6-7,10-11,14,16-17,20,31H,2,4-5,8-9,12-13,15H2,1H3,(H,28,32)/t20-,24+/m1/s1. The number of amides is 1. The molecule has 0 unspecified atom stereocenters. The maximum absolute atomic E-state index is 13.2. The number of rotatable bonds is 4. The summed E-state index contributed by atoms with van der Waals surface area (Å²) >= 11 is 0. The summed E-state index contributed by atoms with van der Waals surface area (Å²) in [5.41, 5.74) is 1.63. The number of anilines is 1. The van der Waals surface area contributed by atoms with Crippen LogP contribution >= 0.6 is 0 Å². The van der Waals surface area contributed by atoms with E-state index in [9.17, 15) is 9.90 Å². The molecule has 32 heavy (non-hydrogen) atoms. The number of nitrogens with zero attached hydrogens (tertiary/aromatic N) is 5. The number of β-amino-alcohol motifs (C(OH)–C–C–N with tert-alkyl or cyclic N) is 1. The monoisotopic (exact) mass is 434 g/mol. The number of aromatic nitrogens is 4. The third-order valence-corrected chi connectivity index (χ3v) is 7.07. The minimum Gasteiger partial charge on any atom is -0.388 e. The Labute approximate surface area is 187 Å². The molecular weight excluding hydrogens is 404 g/mol. The van der Waals surface area contributed by atoms with E-state index in [1.54, 1.807) is 12.5 Å². The molecule has 168 valence electrons. The molecule has 3 aromatic rings. The van der Waals surface area contributed by atoms with Crippen LogP contribution in [0.3, 0.4) is 0 Å². The summed E-state index contributed by atoms with van der Waals surface area (Å²) in [5.74, 6) is 0.666. The molecule has 2 atom stereocenters. The van der Waals surface area contributed by atoms with Crippen molar-refractivity contribution >= 4 is 23.0 Å². The largest absolute Gasteiger partial charge is 0.388 e. The average molecular weight is 435 g/mol. The van der Waals surface area contributed by atoms with Crippen LogP contribution < -0.4 is 10.2 Å². The van der Waals surface area contributed by atoms with Crippen LogP contribution in [0.15, 0.2) is 42.9 Å². The van der Waals surface area contributed by atoms with E-state index < -0.39 is 11.6 Å². The number of imidazole rings is 1. The van der Waals surface area contributed by atoms with E-state index in [4.69, 9.17) is 0 Å². The fraction of sp³-hybridized carbons (Fsp3) is 0.500. The molecule has 1 amide bonds. The quantitative estimate of drug-likeness (QED) is 0.655. The zero-order valence-corrected chi connectivity index (χ0v) is 18.4. The van der Waals surface area contributed by atoms with Crippen LogP contribution in [0, 0.1) is 5.92 Å². The maximum atomic E-state index is 13.2. The van der Waals surface area contributed by atoms with Gasteiger partial charge in [-0.05, 0) is 24.8 Å². The lowest BCUT2D eigenvalue weighted by molar-refractivity contribution is -0.130. The Bertz CT molecular complexity index is 1090. The van der Waals surface area contributed by atoms with Gasteiger partial charge >= 0.3 is 0 Å². The zero-order chi connectivity index (χ0) is 22.1. The number of piperidine rings is 1. The molecule has 1 aliphatic heterocycles. The van der Waals surface area contributed by atoms with E-state index in [-0.39, 0.29) is 11.8 Å². The SMILES string of the molecule is Cn1cnc2cnc(N3CC[C@](NC(=O)C4CCCCC4)(c4ccccc4)[C@H](O)C3)nc21.